The summed E-state index contributed by atoms with van der Waals surface area (Å²) >= 11 is 2.93. The summed E-state index contributed by atoms with van der Waals surface area (Å²) in [5, 5.41) is 13.6. The number of hydrogen-bond acceptors (Lipinski definition) is 7. The molecule has 0 saturated heterocycles. The SMILES string of the molecule is COc1ccc(/C=N/NC(=O)CSc2nc3ccccc3s2)cc1O. The number of nitrogens with one attached hydrogen (secondary N) is 1. The molecule has 0 aliphatic rings. The molecule has 8 heteroatoms. The van der Waals surface area contributed by atoms with Gasteiger partial charge in [-0.1, -0.05) is 23.9 Å². The second-order valence-electron chi connectivity index (χ2n) is 4.96. The minimum absolute atomic E-state index is 0.0177. The van der Waals surface area contributed by atoms with Gasteiger partial charge >= 0.3 is 0 Å². The molecular formula is C17H15N3O3S2. The first-order valence-corrected chi connectivity index (χ1v) is 9.13. The van der Waals surface area contributed by atoms with Crippen LogP contribution < -0.4 is 10.2 Å². The van der Waals surface area contributed by atoms with Gasteiger partial charge in [0.05, 0.1) is 29.3 Å². The van der Waals surface area contributed by atoms with E-state index < -0.39 is 0 Å². The number of hydrazone groups is 1. The Balaban J connectivity index is 1.51. The molecule has 25 heavy (non-hydrogen) atoms. The summed E-state index contributed by atoms with van der Waals surface area (Å²) in [7, 11) is 1.48. The Morgan fingerprint density at radius 2 is 2.24 bits per heavy atom. The standard InChI is InChI=1S/C17H15N3O3S2/c1-23-14-7-6-11(8-13(14)21)9-18-20-16(22)10-24-17-19-12-4-2-3-5-15(12)25-17/h2-9,21H,10H2,1H3,(H,20,22)/b18-9+. The number of para-hydroxylation sites is 1. The summed E-state index contributed by atoms with van der Waals surface area (Å²) in [6, 6.07) is 12.7. The van der Waals surface area contributed by atoms with E-state index in [1.165, 1.54) is 31.2 Å². The minimum atomic E-state index is -0.224. The van der Waals surface area contributed by atoms with E-state index in [-0.39, 0.29) is 17.4 Å². The van der Waals surface area contributed by atoms with Gasteiger partial charge in [0.25, 0.3) is 5.91 Å². The van der Waals surface area contributed by atoms with Crippen LogP contribution in [0.3, 0.4) is 0 Å². The lowest BCUT2D eigenvalue weighted by Gasteiger charge is -2.03. The topological polar surface area (TPSA) is 83.8 Å². The van der Waals surface area contributed by atoms with Crippen molar-refractivity contribution in [2.75, 3.05) is 12.9 Å². The maximum Gasteiger partial charge on any atom is 0.250 e. The van der Waals surface area contributed by atoms with Gasteiger partial charge in [-0.2, -0.15) is 5.10 Å². The number of thiazole rings is 1. The van der Waals surface area contributed by atoms with Crippen molar-refractivity contribution in [3.05, 3.63) is 48.0 Å². The van der Waals surface area contributed by atoms with Crippen molar-refractivity contribution >= 4 is 45.4 Å². The molecule has 0 fully saturated rings. The predicted molar refractivity (Wildman–Crippen MR) is 101 cm³/mol. The highest BCUT2D eigenvalue weighted by molar-refractivity contribution is 8.01. The van der Waals surface area contributed by atoms with Gasteiger partial charge in [0.1, 0.15) is 0 Å². The number of carbonyl (C=O) groups is 1. The zero-order valence-electron chi connectivity index (χ0n) is 13.3. The minimum Gasteiger partial charge on any atom is -0.504 e. The number of thioether (sulfide) groups is 1. The number of methoxy groups -OCH3 is 1. The molecule has 0 atom stereocenters. The molecule has 0 radical (unpaired) electrons. The first-order valence-electron chi connectivity index (χ1n) is 7.33. The van der Waals surface area contributed by atoms with E-state index >= 15 is 0 Å². The third kappa shape index (κ3) is 4.49. The maximum absolute atomic E-state index is 11.9. The van der Waals surface area contributed by atoms with E-state index in [1.807, 2.05) is 24.3 Å². The normalized spacial score (nSPS) is 11.1. The van der Waals surface area contributed by atoms with Gasteiger partial charge in [-0.3, -0.25) is 4.79 Å². The zero-order chi connectivity index (χ0) is 17.6. The first kappa shape index (κ1) is 17.2. The largest absolute Gasteiger partial charge is 0.504 e. The zero-order valence-corrected chi connectivity index (χ0v) is 14.9. The fourth-order valence-electron chi connectivity index (χ4n) is 2.04. The van der Waals surface area contributed by atoms with E-state index in [2.05, 4.69) is 15.5 Å². The number of rotatable bonds is 6. The number of aromatic hydroxyl groups is 1. The molecule has 3 rings (SSSR count). The lowest BCUT2D eigenvalue weighted by Crippen LogP contribution is -2.19. The predicted octanol–water partition coefficient (Wildman–Crippen LogP) is 3.25. The Kier molecular flexibility index (Phi) is 5.52. The van der Waals surface area contributed by atoms with E-state index in [9.17, 15) is 9.90 Å². The Bertz CT molecular complexity index is 891. The van der Waals surface area contributed by atoms with Gasteiger partial charge in [-0.05, 0) is 35.9 Å². The van der Waals surface area contributed by atoms with Crippen LogP contribution in [0.4, 0.5) is 0 Å². The Morgan fingerprint density at radius 1 is 1.40 bits per heavy atom. The van der Waals surface area contributed by atoms with E-state index in [0.29, 0.717) is 11.3 Å². The quantitative estimate of drug-likeness (QED) is 0.394. The third-order valence-corrected chi connectivity index (χ3v) is 5.39. The molecule has 6 nitrogen and oxygen atoms in total. The molecule has 2 aromatic carbocycles. The van der Waals surface area contributed by atoms with Crippen LogP contribution >= 0.6 is 23.1 Å². The van der Waals surface area contributed by atoms with Gasteiger partial charge in [0.2, 0.25) is 0 Å². The fourth-order valence-corrected chi connectivity index (χ4v) is 3.90. The average molecular weight is 373 g/mol. The molecule has 0 spiro atoms. The lowest BCUT2D eigenvalue weighted by atomic mass is 10.2. The highest BCUT2D eigenvalue weighted by atomic mass is 32.2. The number of amides is 1. The van der Waals surface area contributed by atoms with Crippen LogP contribution in [0.25, 0.3) is 10.2 Å². The molecule has 1 heterocycles. The molecule has 0 aliphatic heterocycles. The number of carbonyl (C=O) groups excluding carboxylic acids is 1. The molecule has 128 valence electrons. The molecule has 2 N–H and O–H groups in total. The number of fused-ring (bicyclic) bond motifs is 1. The summed E-state index contributed by atoms with van der Waals surface area (Å²) in [6.45, 7) is 0. The van der Waals surface area contributed by atoms with Crippen molar-refractivity contribution in [2.45, 2.75) is 4.34 Å². The number of hydrogen-bond donors (Lipinski definition) is 2. The fraction of sp³-hybridized carbons (Fsp3) is 0.118. The molecule has 1 amide bonds. The van der Waals surface area contributed by atoms with Crippen molar-refractivity contribution in [3.8, 4) is 11.5 Å². The van der Waals surface area contributed by atoms with Crippen LogP contribution in [0.15, 0.2) is 51.9 Å². The summed E-state index contributed by atoms with van der Waals surface area (Å²) in [6.07, 6.45) is 1.46. The molecule has 0 unspecified atom stereocenters. The van der Waals surface area contributed by atoms with Gasteiger partial charge < -0.3 is 9.84 Å². The van der Waals surface area contributed by atoms with Crippen molar-refractivity contribution < 1.29 is 14.6 Å². The molecular weight excluding hydrogens is 358 g/mol. The number of ether oxygens (including phenoxy) is 1. The Hall–Kier alpha value is -2.58. The smallest absolute Gasteiger partial charge is 0.250 e. The van der Waals surface area contributed by atoms with Crippen molar-refractivity contribution in [2.24, 2.45) is 5.10 Å². The summed E-state index contributed by atoms with van der Waals surface area (Å²) in [5.41, 5.74) is 4.04. The molecule has 0 bridgehead atoms. The van der Waals surface area contributed by atoms with Gasteiger partial charge in [0, 0.05) is 0 Å². The van der Waals surface area contributed by atoms with Gasteiger partial charge in [-0.25, -0.2) is 10.4 Å². The van der Waals surface area contributed by atoms with Crippen LogP contribution in [0.1, 0.15) is 5.56 Å². The summed E-state index contributed by atoms with van der Waals surface area (Å²) in [5.74, 6) is 0.404. The molecule has 0 saturated carbocycles. The van der Waals surface area contributed by atoms with E-state index in [0.717, 1.165) is 14.6 Å². The van der Waals surface area contributed by atoms with Crippen molar-refractivity contribution in [1.82, 2.24) is 10.4 Å². The van der Waals surface area contributed by atoms with Crippen LogP contribution in [0, 0.1) is 0 Å². The van der Waals surface area contributed by atoms with Gasteiger partial charge in [0.15, 0.2) is 15.8 Å². The number of phenolic OH excluding ortho intramolecular Hbond substituents is 1. The molecule has 3 aromatic rings. The first-order chi connectivity index (χ1) is 12.2. The molecule has 0 aliphatic carbocycles. The third-order valence-electron chi connectivity index (χ3n) is 3.21. The number of benzene rings is 2. The Morgan fingerprint density at radius 3 is 3.00 bits per heavy atom. The Labute approximate surface area is 152 Å². The number of nitrogens with zero attached hydrogens (tertiary/aromatic N) is 2. The average Bonchev–Trinajstić information content (AvgIpc) is 3.03. The van der Waals surface area contributed by atoms with Crippen LogP contribution in [0.2, 0.25) is 0 Å². The van der Waals surface area contributed by atoms with Crippen LogP contribution in [-0.2, 0) is 4.79 Å². The summed E-state index contributed by atoms with van der Waals surface area (Å²) in [4.78, 5) is 16.3. The van der Waals surface area contributed by atoms with Crippen molar-refractivity contribution in [3.63, 3.8) is 0 Å². The van der Waals surface area contributed by atoms with Crippen molar-refractivity contribution in [1.29, 1.82) is 0 Å². The highest BCUT2D eigenvalue weighted by Gasteiger charge is 2.07. The van der Waals surface area contributed by atoms with Crippen LogP contribution in [0.5, 0.6) is 11.5 Å². The summed E-state index contributed by atoms with van der Waals surface area (Å²) < 4.78 is 6.91. The number of aromatic nitrogens is 1. The van der Waals surface area contributed by atoms with E-state index in [1.54, 1.807) is 23.5 Å². The maximum atomic E-state index is 11.9. The van der Waals surface area contributed by atoms with E-state index in [4.69, 9.17) is 4.74 Å². The highest BCUT2D eigenvalue weighted by Crippen LogP contribution is 2.29. The van der Waals surface area contributed by atoms with Crippen LogP contribution in [-0.4, -0.2) is 35.1 Å². The lowest BCUT2D eigenvalue weighted by molar-refractivity contribution is -0.118. The monoisotopic (exact) mass is 373 g/mol. The second kappa shape index (κ2) is 8.00. The second-order valence-corrected chi connectivity index (χ2v) is 7.21. The number of phenols is 1. The van der Waals surface area contributed by atoms with Gasteiger partial charge in [-0.15, -0.1) is 11.3 Å². The molecule has 1 aromatic heterocycles.